The summed E-state index contributed by atoms with van der Waals surface area (Å²) in [5.74, 6) is 0. The Morgan fingerprint density at radius 3 is 2.88 bits per heavy atom. The summed E-state index contributed by atoms with van der Waals surface area (Å²) < 4.78 is 1.92. The Hall–Kier alpha value is -1.20. The average molecular weight is 250 g/mol. The monoisotopic (exact) mass is 250 g/mol. The minimum Gasteiger partial charge on any atom is -0.309 e. The molecule has 92 valence electrons. The smallest absolute Gasteiger partial charge is 0.0800 e. The van der Waals surface area contributed by atoms with Crippen LogP contribution < -0.4 is 5.32 Å². The third kappa shape index (κ3) is 2.92. The molecule has 2 aromatic heterocycles. The summed E-state index contributed by atoms with van der Waals surface area (Å²) in [7, 11) is 1.98. The fourth-order valence-electron chi connectivity index (χ4n) is 1.83. The summed E-state index contributed by atoms with van der Waals surface area (Å²) in [5.41, 5.74) is 4.18. The lowest BCUT2D eigenvalue weighted by molar-refractivity contribution is 0.530. The van der Waals surface area contributed by atoms with Crippen LogP contribution in [0.5, 0.6) is 0 Å². The van der Waals surface area contributed by atoms with Gasteiger partial charge in [-0.3, -0.25) is 9.67 Å². The number of nitrogens with zero attached hydrogens (tertiary/aromatic N) is 3. The Morgan fingerprint density at radius 1 is 1.53 bits per heavy atom. The molecule has 0 spiro atoms. The van der Waals surface area contributed by atoms with Gasteiger partial charge in [0.15, 0.2) is 0 Å². The van der Waals surface area contributed by atoms with Crippen LogP contribution in [0.4, 0.5) is 0 Å². The zero-order valence-electron chi connectivity index (χ0n) is 10.5. The zero-order chi connectivity index (χ0) is 12.3. The number of aromatic nitrogens is 3. The van der Waals surface area contributed by atoms with Gasteiger partial charge < -0.3 is 5.32 Å². The number of rotatable bonds is 5. The first-order valence-corrected chi connectivity index (χ1v) is 6.70. The number of aryl methyl sites for hydroxylation is 2. The van der Waals surface area contributed by atoms with Gasteiger partial charge in [0.1, 0.15) is 0 Å². The molecule has 0 radical (unpaired) electrons. The molecule has 5 heteroatoms. The van der Waals surface area contributed by atoms with E-state index in [1.807, 2.05) is 23.4 Å². The molecule has 2 aromatic rings. The third-order valence-electron chi connectivity index (χ3n) is 2.83. The maximum Gasteiger partial charge on any atom is 0.0800 e. The van der Waals surface area contributed by atoms with Crippen LogP contribution in [-0.2, 0) is 13.5 Å². The van der Waals surface area contributed by atoms with Crippen molar-refractivity contribution in [2.75, 3.05) is 6.54 Å². The molecule has 0 aliphatic rings. The van der Waals surface area contributed by atoms with E-state index in [1.165, 1.54) is 10.6 Å². The first-order valence-electron chi connectivity index (χ1n) is 5.82. The molecule has 0 fully saturated rings. The first-order chi connectivity index (χ1) is 8.20. The van der Waals surface area contributed by atoms with E-state index in [1.54, 1.807) is 11.3 Å². The molecule has 0 saturated carbocycles. The van der Waals surface area contributed by atoms with Gasteiger partial charge >= 0.3 is 0 Å². The lowest BCUT2D eigenvalue weighted by Crippen LogP contribution is -2.23. The Labute approximate surface area is 106 Å². The minimum atomic E-state index is 0.278. The molecule has 0 amide bonds. The van der Waals surface area contributed by atoms with Gasteiger partial charge in [0.05, 0.1) is 17.2 Å². The molecule has 0 aliphatic heterocycles. The minimum absolute atomic E-state index is 0.278. The molecule has 1 unspecified atom stereocenters. The molecule has 0 aliphatic carbocycles. The molecule has 1 atom stereocenters. The molecular weight excluding hydrogens is 232 g/mol. The molecule has 2 rings (SSSR count). The van der Waals surface area contributed by atoms with E-state index in [4.69, 9.17) is 0 Å². The van der Waals surface area contributed by atoms with Crippen molar-refractivity contribution in [2.24, 2.45) is 7.05 Å². The summed E-state index contributed by atoms with van der Waals surface area (Å²) in [6, 6.07) is 2.43. The van der Waals surface area contributed by atoms with E-state index in [9.17, 15) is 0 Å². The van der Waals surface area contributed by atoms with Crippen LogP contribution in [0.3, 0.4) is 0 Å². The topological polar surface area (TPSA) is 42.7 Å². The highest BCUT2D eigenvalue weighted by Gasteiger charge is 2.15. The molecular formula is C12H18N4S. The van der Waals surface area contributed by atoms with Gasteiger partial charge in [-0.15, -0.1) is 11.3 Å². The van der Waals surface area contributed by atoms with E-state index in [0.717, 1.165) is 18.7 Å². The predicted octanol–water partition coefficient (Wildman–Crippen LogP) is 2.08. The van der Waals surface area contributed by atoms with Crippen molar-refractivity contribution in [3.63, 3.8) is 0 Å². The average Bonchev–Trinajstić information content (AvgIpc) is 2.90. The fourth-order valence-corrected chi connectivity index (χ4v) is 2.47. The van der Waals surface area contributed by atoms with Crippen molar-refractivity contribution in [3.8, 4) is 0 Å². The van der Waals surface area contributed by atoms with Crippen LogP contribution in [0.2, 0.25) is 0 Å². The lowest BCUT2D eigenvalue weighted by Gasteiger charge is -2.14. The maximum absolute atomic E-state index is 4.55. The highest BCUT2D eigenvalue weighted by Crippen LogP contribution is 2.20. The second-order valence-electron chi connectivity index (χ2n) is 4.12. The van der Waals surface area contributed by atoms with Crippen LogP contribution in [0.25, 0.3) is 0 Å². The van der Waals surface area contributed by atoms with Gasteiger partial charge in [-0.25, -0.2) is 0 Å². The van der Waals surface area contributed by atoms with Crippen LogP contribution in [0.1, 0.15) is 29.2 Å². The van der Waals surface area contributed by atoms with Gasteiger partial charge in [0, 0.05) is 30.2 Å². The zero-order valence-corrected chi connectivity index (χ0v) is 11.3. The molecule has 2 heterocycles. The highest BCUT2D eigenvalue weighted by molar-refractivity contribution is 7.09. The van der Waals surface area contributed by atoms with Gasteiger partial charge in [0.2, 0.25) is 0 Å². The summed E-state index contributed by atoms with van der Waals surface area (Å²) in [6.45, 7) is 5.14. The van der Waals surface area contributed by atoms with Crippen molar-refractivity contribution >= 4 is 11.3 Å². The lowest BCUT2D eigenvalue weighted by atomic mass is 10.1. The number of thiazole rings is 1. The third-order valence-corrected chi connectivity index (χ3v) is 3.63. The Bertz CT molecular complexity index is 441. The van der Waals surface area contributed by atoms with Crippen molar-refractivity contribution < 1.29 is 0 Å². The van der Waals surface area contributed by atoms with E-state index < -0.39 is 0 Å². The molecule has 0 bridgehead atoms. The standard InChI is InChI=1S/C12H18N4S/c1-4-14-11(6-10-7-13-8-17-10)12-5-9(2)16(3)15-12/h5,7-8,11,14H,4,6H2,1-3H3. The van der Waals surface area contributed by atoms with E-state index in [0.29, 0.717) is 0 Å². The summed E-state index contributed by atoms with van der Waals surface area (Å²) in [6.07, 6.45) is 2.89. The summed E-state index contributed by atoms with van der Waals surface area (Å²) >= 11 is 1.70. The number of hydrogen-bond acceptors (Lipinski definition) is 4. The molecule has 17 heavy (non-hydrogen) atoms. The molecule has 1 N–H and O–H groups in total. The first kappa shape index (κ1) is 12.3. The van der Waals surface area contributed by atoms with Gasteiger partial charge in [-0.2, -0.15) is 5.10 Å². The Morgan fingerprint density at radius 2 is 2.35 bits per heavy atom. The van der Waals surface area contributed by atoms with E-state index in [2.05, 4.69) is 35.3 Å². The second kappa shape index (κ2) is 5.42. The van der Waals surface area contributed by atoms with Crippen LogP contribution in [0, 0.1) is 6.92 Å². The van der Waals surface area contributed by atoms with Crippen molar-refractivity contribution in [2.45, 2.75) is 26.3 Å². The molecule has 0 aromatic carbocycles. The largest absolute Gasteiger partial charge is 0.309 e. The van der Waals surface area contributed by atoms with Crippen molar-refractivity contribution in [1.29, 1.82) is 0 Å². The molecule has 4 nitrogen and oxygen atoms in total. The van der Waals surface area contributed by atoms with Crippen molar-refractivity contribution in [3.05, 3.63) is 34.0 Å². The molecule has 0 saturated heterocycles. The van der Waals surface area contributed by atoms with E-state index in [-0.39, 0.29) is 6.04 Å². The fraction of sp³-hybridized carbons (Fsp3) is 0.500. The van der Waals surface area contributed by atoms with Gasteiger partial charge in [0.25, 0.3) is 0 Å². The maximum atomic E-state index is 4.55. The Balaban J connectivity index is 2.16. The van der Waals surface area contributed by atoms with E-state index >= 15 is 0 Å². The van der Waals surface area contributed by atoms with Crippen LogP contribution in [0.15, 0.2) is 17.8 Å². The summed E-state index contributed by atoms with van der Waals surface area (Å²) in [4.78, 5) is 5.41. The van der Waals surface area contributed by atoms with Gasteiger partial charge in [-0.1, -0.05) is 6.92 Å². The quantitative estimate of drug-likeness (QED) is 0.883. The predicted molar refractivity (Wildman–Crippen MR) is 70.2 cm³/mol. The second-order valence-corrected chi connectivity index (χ2v) is 5.09. The normalized spacial score (nSPS) is 12.9. The number of nitrogens with one attached hydrogen (secondary N) is 1. The SMILES string of the molecule is CCNC(Cc1cncs1)c1cc(C)n(C)n1. The highest BCUT2D eigenvalue weighted by atomic mass is 32.1. The van der Waals surface area contributed by atoms with Gasteiger partial charge in [-0.05, 0) is 19.5 Å². The Kier molecular flexibility index (Phi) is 3.91. The number of likely N-dealkylation sites (N-methyl/N-ethyl adjacent to an activating group) is 1. The summed E-state index contributed by atoms with van der Waals surface area (Å²) in [5, 5.41) is 8.03. The van der Waals surface area contributed by atoms with Crippen LogP contribution >= 0.6 is 11.3 Å². The number of hydrogen-bond donors (Lipinski definition) is 1. The van der Waals surface area contributed by atoms with Crippen molar-refractivity contribution in [1.82, 2.24) is 20.1 Å². The van der Waals surface area contributed by atoms with Crippen LogP contribution in [-0.4, -0.2) is 21.3 Å².